The molecule has 21 heavy (non-hydrogen) atoms. The third-order valence-corrected chi connectivity index (χ3v) is 3.61. The van der Waals surface area contributed by atoms with E-state index in [9.17, 15) is 0 Å². The van der Waals surface area contributed by atoms with Crippen LogP contribution in [0.15, 0.2) is 70.4 Å². The largest absolute Gasteiger partial charge is 0.411 e. The molecule has 4 nitrogen and oxygen atoms in total. The number of para-hydroxylation sites is 1. The number of hydrogen-bond donors (Lipinski definition) is 1. The topological polar surface area (TPSA) is 50.4 Å². The number of rotatable bonds is 3. The van der Waals surface area contributed by atoms with E-state index in [-0.39, 0.29) is 0 Å². The SMILES string of the molecule is O/N=C\c1cn(-c2ccccc2)nc1-c1ccc(Br)cc1. The summed E-state index contributed by atoms with van der Waals surface area (Å²) < 4.78 is 2.78. The Morgan fingerprint density at radius 3 is 2.43 bits per heavy atom. The zero-order valence-electron chi connectivity index (χ0n) is 11.0. The second-order valence-corrected chi connectivity index (χ2v) is 5.38. The first kappa shape index (κ1) is 13.6. The van der Waals surface area contributed by atoms with Gasteiger partial charge in [-0.2, -0.15) is 5.10 Å². The Kier molecular flexibility index (Phi) is 3.83. The molecule has 1 N–H and O–H groups in total. The fourth-order valence-electron chi connectivity index (χ4n) is 2.09. The van der Waals surface area contributed by atoms with Gasteiger partial charge in [0.1, 0.15) is 5.69 Å². The second kappa shape index (κ2) is 5.93. The third-order valence-electron chi connectivity index (χ3n) is 3.08. The van der Waals surface area contributed by atoms with Gasteiger partial charge in [-0.15, -0.1) is 0 Å². The van der Waals surface area contributed by atoms with E-state index in [4.69, 9.17) is 5.21 Å². The molecular formula is C16H12BrN3O. The molecule has 0 saturated heterocycles. The predicted molar refractivity (Wildman–Crippen MR) is 86.1 cm³/mol. The maximum atomic E-state index is 8.84. The van der Waals surface area contributed by atoms with Crippen molar-refractivity contribution in [2.24, 2.45) is 5.16 Å². The summed E-state index contributed by atoms with van der Waals surface area (Å²) in [6.07, 6.45) is 3.23. The Balaban J connectivity index is 2.11. The van der Waals surface area contributed by atoms with Gasteiger partial charge in [-0.25, -0.2) is 4.68 Å². The van der Waals surface area contributed by atoms with Crippen LogP contribution in [-0.4, -0.2) is 21.2 Å². The maximum Gasteiger partial charge on any atom is 0.102 e. The summed E-state index contributed by atoms with van der Waals surface area (Å²) in [4.78, 5) is 0. The highest BCUT2D eigenvalue weighted by Crippen LogP contribution is 2.24. The standard InChI is InChI=1S/C16H12BrN3O/c17-14-8-6-12(7-9-14)16-13(10-18-21)11-20(19-16)15-4-2-1-3-5-15/h1-11,21H/b18-10-. The second-order valence-electron chi connectivity index (χ2n) is 4.46. The summed E-state index contributed by atoms with van der Waals surface area (Å²) in [5.41, 5.74) is 3.43. The zero-order valence-corrected chi connectivity index (χ0v) is 12.6. The third kappa shape index (κ3) is 2.87. The average molecular weight is 342 g/mol. The molecule has 1 aromatic heterocycles. The van der Waals surface area contributed by atoms with Gasteiger partial charge in [-0.3, -0.25) is 0 Å². The lowest BCUT2D eigenvalue weighted by Crippen LogP contribution is -1.93. The Labute approximate surface area is 130 Å². The molecule has 0 atom stereocenters. The summed E-state index contributed by atoms with van der Waals surface area (Å²) in [6, 6.07) is 17.7. The molecule has 1 heterocycles. The lowest BCUT2D eigenvalue weighted by molar-refractivity contribution is 0.322. The smallest absolute Gasteiger partial charge is 0.102 e. The van der Waals surface area contributed by atoms with Crippen molar-refractivity contribution in [3.05, 3.63) is 70.8 Å². The zero-order chi connectivity index (χ0) is 14.7. The molecule has 0 radical (unpaired) electrons. The van der Waals surface area contributed by atoms with Gasteiger partial charge in [0.15, 0.2) is 0 Å². The number of aromatic nitrogens is 2. The summed E-state index contributed by atoms with van der Waals surface area (Å²) in [7, 11) is 0. The summed E-state index contributed by atoms with van der Waals surface area (Å²) in [5.74, 6) is 0. The minimum Gasteiger partial charge on any atom is -0.411 e. The van der Waals surface area contributed by atoms with E-state index < -0.39 is 0 Å². The molecule has 0 amide bonds. The monoisotopic (exact) mass is 341 g/mol. The summed E-state index contributed by atoms with van der Waals surface area (Å²) in [6.45, 7) is 0. The van der Waals surface area contributed by atoms with Gasteiger partial charge in [0.05, 0.1) is 11.9 Å². The van der Waals surface area contributed by atoms with Crippen LogP contribution < -0.4 is 0 Å². The first-order chi connectivity index (χ1) is 10.3. The van der Waals surface area contributed by atoms with E-state index in [0.29, 0.717) is 0 Å². The molecule has 104 valence electrons. The molecule has 0 unspecified atom stereocenters. The normalized spacial score (nSPS) is 11.1. The summed E-state index contributed by atoms with van der Waals surface area (Å²) in [5, 5.41) is 16.6. The highest BCUT2D eigenvalue weighted by Gasteiger charge is 2.11. The molecule has 0 aliphatic heterocycles. The van der Waals surface area contributed by atoms with E-state index in [1.807, 2.05) is 60.8 Å². The number of hydrogen-bond acceptors (Lipinski definition) is 3. The van der Waals surface area contributed by atoms with Gasteiger partial charge in [0, 0.05) is 21.8 Å². The highest BCUT2D eigenvalue weighted by atomic mass is 79.9. The van der Waals surface area contributed by atoms with Crippen molar-refractivity contribution >= 4 is 22.1 Å². The first-order valence-electron chi connectivity index (χ1n) is 6.36. The lowest BCUT2D eigenvalue weighted by Gasteiger charge is -2.00. The van der Waals surface area contributed by atoms with E-state index in [2.05, 4.69) is 26.2 Å². The van der Waals surface area contributed by atoms with Crippen LogP contribution in [0.25, 0.3) is 16.9 Å². The number of nitrogens with zero attached hydrogens (tertiary/aromatic N) is 3. The van der Waals surface area contributed by atoms with Gasteiger partial charge >= 0.3 is 0 Å². The van der Waals surface area contributed by atoms with Crippen LogP contribution in [0.3, 0.4) is 0 Å². The van der Waals surface area contributed by atoms with Gasteiger partial charge in [-0.1, -0.05) is 51.4 Å². The van der Waals surface area contributed by atoms with E-state index in [0.717, 1.165) is 27.0 Å². The van der Waals surface area contributed by atoms with Gasteiger partial charge in [-0.05, 0) is 24.3 Å². The number of benzene rings is 2. The lowest BCUT2D eigenvalue weighted by atomic mass is 10.1. The van der Waals surface area contributed by atoms with Gasteiger partial charge < -0.3 is 5.21 Å². The predicted octanol–water partition coefficient (Wildman–Crippen LogP) is 4.11. The van der Waals surface area contributed by atoms with Crippen molar-refractivity contribution in [3.63, 3.8) is 0 Å². The first-order valence-corrected chi connectivity index (χ1v) is 7.15. The summed E-state index contributed by atoms with van der Waals surface area (Å²) >= 11 is 3.42. The van der Waals surface area contributed by atoms with Crippen LogP contribution in [0.1, 0.15) is 5.56 Å². The number of oxime groups is 1. The Bertz CT molecular complexity index is 764. The van der Waals surface area contributed by atoms with Crippen molar-refractivity contribution in [1.29, 1.82) is 0 Å². The van der Waals surface area contributed by atoms with Gasteiger partial charge in [0.25, 0.3) is 0 Å². The van der Waals surface area contributed by atoms with Crippen LogP contribution in [0.5, 0.6) is 0 Å². The average Bonchev–Trinajstić information content (AvgIpc) is 2.93. The molecule has 0 bridgehead atoms. The maximum absolute atomic E-state index is 8.84. The fraction of sp³-hybridized carbons (Fsp3) is 0. The van der Waals surface area contributed by atoms with Crippen molar-refractivity contribution in [3.8, 4) is 16.9 Å². The fourth-order valence-corrected chi connectivity index (χ4v) is 2.35. The van der Waals surface area contributed by atoms with Crippen molar-refractivity contribution < 1.29 is 5.21 Å². The Morgan fingerprint density at radius 1 is 1.05 bits per heavy atom. The quantitative estimate of drug-likeness (QED) is 0.442. The van der Waals surface area contributed by atoms with Crippen molar-refractivity contribution in [2.45, 2.75) is 0 Å². The Hall–Kier alpha value is -2.40. The molecule has 5 heteroatoms. The number of halogens is 1. The van der Waals surface area contributed by atoms with Gasteiger partial charge in [0.2, 0.25) is 0 Å². The molecule has 0 aliphatic carbocycles. The van der Waals surface area contributed by atoms with Crippen LogP contribution in [-0.2, 0) is 0 Å². The molecule has 2 aromatic carbocycles. The molecule has 3 aromatic rings. The molecule has 0 saturated carbocycles. The van der Waals surface area contributed by atoms with Crippen molar-refractivity contribution in [1.82, 2.24) is 9.78 Å². The van der Waals surface area contributed by atoms with E-state index in [1.165, 1.54) is 6.21 Å². The molecular weight excluding hydrogens is 330 g/mol. The Morgan fingerprint density at radius 2 is 1.76 bits per heavy atom. The minimum atomic E-state index is 0.753. The van der Waals surface area contributed by atoms with Crippen LogP contribution in [0.2, 0.25) is 0 Å². The van der Waals surface area contributed by atoms with E-state index in [1.54, 1.807) is 4.68 Å². The molecule has 3 rings (SSSR count). The van der Waals surface area contributed by atoms with Crippen LogP contribution in [0.4, 0.5) is 0 Å². The van der Waals surface area contributed by atoms with Crippen LogP contribution in [0, 0.1) is 0 Å². The van der Waals surface area contributed by atoms with Crippen molar-refractivity contribution in [2.75, 3.05) is 0 Å². The molecule has 0 spiro atoms. The molecule has 0 fully saturated rings. The highest BCUT2D eigenvalue weighted by molar-refractivity contribution is 9.10. The van der Waals surface area contributed by atoms with E-state index >= 15 is 0 Å². The molecule has 0 aliphatic rings. The minimum absolute atomic E-state index is 0.753. The van der Waals surface area contributed by atoms with Crippen LogP contribution >= 0.6 is 15.9 Å².